The van der Waals surface area contributed by atoms with Gasteiger partial charge in [-0.2, -0.15) is 13.2 Å². The van der Waals surface area contributed by atoms with E-state index in [4.69, 9.17) is 0 Å². The van der Waals surface area contributed by atoms with E-state index >= 15 is 0 Å². The van der Waals surface area contributed by atoms with Crippen molar-refractivity contribution in [2.45, 2.75) is 37.9 Å². The molecule has 1 N–H and O–H groups in total. The van der Waals surface area contributed by atoms with Crippen LogP contribution >= 0.6 is 24.8 Å². The molecule has 1 atom stereocenters. The maximum atomic E-state index is 12.3. The molecule has 1 unspecified atom stereocenters. The number of halogens is 5. The Bertz CT molecular complexity index is 331. The summed E-state index contributed by atoms with van der Waals surface area (Å²) in [6.45, 7) is 1.59. The number of nitrogens with zero attached hydrogens (tertiary/aromatic N) is 2. The Balaban J connectivity index is 0.00000220. The number of nitrogens with one attached hydrogen (secondary N) is 1. The van der Waals surface area contributed by atoms with Gasteiger partial charge in [-0.1, -0.05) is 0 Å². The number of alkyl halides is 3. The minimum absolute atomic E-state index is 0. The zero-order chi connectivity index (χ0) is 14.6. The molecule has 0 aromatic heterocycles. The van der Waals surface area contributed by atoms with Gasteiger partial charge in [0.15, 0.2) is 0 Å². The lowest BCUT2D eigenvalue weighted by atomic mass is 10.1. The fourth-order valence-electron chi connectivity index (χ4n) is 2.87. The van der Waals surface area contributed by atoms with Crippen molar-refractivity contribution in [2.24, 2.45) is 0 Å². The van der Waals surface area contributed by atoms with Crippen LogP contribution in [-0.4, -0.2) is 67.2 Å². The Kier molecular flexibility index (Phi) is 9.69. The highest BCUT2D eigenvalue weighted by molar-refractivity contribution is 5.85. The maximum absolute atomic E-state index is 12.3. The monoisotopic (exact) mass is 365 g/mol. The van der Waals surface area contributed by atoms with Gasteiger partial charge in [-0.3, -0.25) is 9.69 Å². The van der Waals surface area contributed by atoms with E-state index in [9.17, 15) is 18.0 Å². The summed E-state index contributed by atoms with van der Waals surface area (Å²) in [5.74, 6) is 0.0744. The van der Waals surface area contributed by atoms with Crippen molar-refractivity contribution in [1.82, 2.24) is 15.1 Å². The summed E-state index contributed by atoms with van der Waals surface area (Å²) in [7, 11) is 0. The van der Waals surface area contributed by atoms with E-state index in [2.05, 4.69) is 5.32 Å². The Morgan fingerprint density at radius 1 is 1.14 bits per heavy atom. The van der Waals surface area contributed by atoms with Crippen LogP contribution in [0.3, 0.4) is 0 Å². The highest BCUT2D eigenvalue weighted by Crippen LogP contribution is 2.18. The summed E-state index contributed by atoms with van der Waals surface area (Å²) >= 11 is 0. The van der Waals surface area contributed by atoms with Crippen LogP contribution in [0.4, 0.5) is 13.2 Å². The van der Waals surface area contributed by atoms with E-state index < -0.39 is 12.7 Å². The topological polar surface area (TPSA) is 35.6 Å². The molecule has 0 spiro atoms. The van der Waals surface area contributed by atoms with Crippen LogP contribution in [0, 0.1) is 0 Å². The van der Waals surface area contributed by atoms with E-state index in [-0.39, 0.29) is 30.7 Å². The number of hydrogen-bond donors (Lipinski definition) is 1. The largest absolute Gasteiger partial charge is 0.401 e. The van der Waals surface area contributed by atoms with Gasteiger partial charge in [0.05, 0.1) is 6.54 Å². The van der Waals surface area contributed by atoms with Crippen LogP contribution in [-0.2, 0) is 4.79 Å². The molecule has 0 aromatic carbocycles. The summed E-state index contributed by atoms with van der Waals surface area (Å²) in [4.78, 5) is 15.1. The number of amides is 1. The molecule has 0 radical (unpaired) electrons. The Morgan fingerprint density at radius 3 is 2.27 bits per heavy atom. The molecule has 132 valence electrons. The van der Waals surface area contributed by atoms with Crippen LogP contribution in [0.15, 0.2) is 0 Å². The number of carbonyl (C=O) groups is 1. The van der Waals surface area contributed by atoms with Crippen molar-refractivity contribution in [3.05, 3.63) is 0 Å². The number of piperazine rings is 1. The van der Waals surface area contributed by atoms with E-state index in [1.807, 2.05) is 0 Å². The maximum Gasteiger partial charge on any atom is 0.401 e. The van der Waals surface area contributed by atoms with Crippen LogP contribution in [0.1, 0.15) is 25.7 Å². The van der Waals surface area contributed by atoms with Gasteiger partial charge < -0.3 is 10.2 Å². The predicted molar refractivity (Wildman–Crippen MR) is 83.8 cm³/mol. The predicted octanol–water partition coefficient (Wildman–Crippen LogP) is 2.07. The lowest BCUT2D eigenvalue weighted by Crippen LogP contribution is -2.51. The molecule has 0 aromatic rings. The molecular weight excluding hydrogens is 342 g/mol. The van der Waals surface area contributed by atoms with Crippen LogP contribution in [0.25, 0.3) is 0 Å². The van der Waals surface area contributed by atoms with Crippen molar-refractivity contribution in [3.8, 4) is 0 Å². The number of rotatable bonds is 4. The average molecular weight is 366 g/mol. The van der Waals surface area contributed by atoms with Gasteiger partial charge in [-0.25, -0.2) is 0 Å². The lowest BCUT2D eigenvalue weighted by Gasteiger charge is -2.35. The first-order chi connectivity index (χ1) is 9.44. The fourth-order valence-corrected chi connectivity index (χ4v) is 2.87. The standard InChI is InChI=1S/C13H22F3N3O.2ClH/c14-13(15,16)10-18-6-8-19(9-7-18)12(20)4-3-11-2-1-5-17-11;;/h11,17H,1-10H2;2*1H. The molecule has 2 aliphatic rings. The molecule has 2 aliphatic heterocycles. The highest BCUT2D eigenvalue weighted by atomic mass is 35.5. The molecule has 9 heteroatoms. The van der Waals surface area contributed by atoms with Gasteiger partial charge in [-0.15, -0.1) is 24.8 Å². The first-order valence-corrected chi connectivity index (χ1v) is 7.24. The third-order valence-corrected chi connectivity index (χ3v) is 4.00. The average Bonchev–Trinajstić information content (AvgIpc) is 2.88. The van der Waals surface area contributed by atoms with E-state index in [0.29, 0.717) is 38.6 Å². The van der Waals surface area contributed by atoms with Crippen molar-refractivity contribution in [1.29, 1.82) is 0 Å². The summed E-state index contributed by atoms with van der Waals surface area (Å²) in [6.07, 6.45) is -0.541. The summed E-state index contributed by atoms with van der Waals surface area (Å²) in [5.41, 5.74) is 0. The van der Waals surface area contributed by atoms with Gasteiger partial charge >= 0.3 is 6.18 Å². The Morgan fingerprint density at radius 2 is 1.77 bits per heavy atom. The number of hydrogen-bond acceptors (Lipinski definition) is 3. The van der Waals surface area contributed by atoms with Crippen molar-refractivity contribution in [3.63, 3.8) is 0 Å². The van der Waals surface area contributed by atoms with Gasteiger partial charge in [0.25, 0.3) is 0 Å². The molecule has 0 aliphatic carbocycles. The quantitative estimate of drug-likeness (QED) is 0.828. The first kappa shape index (κ1) is 21.8. The molecule has 2 fully saturated rings. The molecule has 22 heavy (non-hydrogen) atoms. The van der Waals surface area contributed by atoms with Gasteiger partial charge in [0.2, 0.25) is 5.91 Å². The summed E-state index contributed by atoms with van der Waals surface area (Å²) in [6, 6.07) is 0.436. The molecule has 2 saturated heterocycles. The second-order valence-electron chi connectivity index (χ2n) is 5.60. The summed E-state index contributed by atoms with van der Waals surface area (Å²) in [5, 5.41) is 3.34. The van der Waals surface area contributed by atoms with Crippen molar-refractivity contribution >= 4 is 30.7 Å². The van der Waals surface area contributed by atoms with Crippen LogP contribution in [0.5, 0.6) is 0 Å². The zero-order valence-electron chi connectivity index (χ0n) is 12.4. The van der Waals surface area contributed by atoms with Crippen LogP contribution in [0.2, 0.25) is 0 Å². The minimum Gasteiger partial charge on any atom is -0.340 e. The number of carbonyl (C=O) groups excluding carboxylic acids is 1. The molecule has 2 rings (SSSR count). The smallest absolute Gasteiger partial charge is 0.340 e. The Hall–Kier alpha value is -0.240. The first-order valence-electron chi connectivity index (χ1n) is 7.24. The summed E-state index contributed by atoms with van der Waals surface area (Å²) < 4.78 is 36.8. The zero-order valence-corrected chi connectivity index (χ0v) is 14.0. The molecule has 1 amide bonds. The highest BCUT2D eigenvalue weighted by Gasteiger charge is 2.32. The third-order valence-electron chi connectivity index (χ3n) is 4.00. The Labute approximate surface area is 141 Å². The second kappa shape index (κ2) is 9.80. The SMILES string of the molecule is Cl.Cl.O=C(CCC1CCCN1)N1CCN(CC(F)(F)F)CC1. The lowest BCUT2D eigenvalue weighted by molar-refractivity contribution is -0.151. The van der Waals surface area contributed by atoms with E-state index in [1.54, 1.807) is 4.90 Å². The third kappa shape index (κ3) is 7.35. The van der Waals surface area contributed by atoms with Crippen molar-refractivity contribution < 1.29 is 18.0 Å². The van der Waals surface area contributed by atoms with E-state index in [1.165, 1.54) is 4.90 Å². The molecular formula is C13H24Cl2F3N3O. The minimum atomic E-state index is -4.15. The second-order valence-corrected chi connectivity index (χ2v) is 5.60. The van der Waals surface area contributed by atoms with Crippen LogP contribution < -0.4 is 5.32 Å². The normalized spacial score (nSPS) is 22.9. The molecule has 0 saturated carbocycles. The van der Waals surface area contributed by atoms with Gasteiger partial charge in [0.1, 0.15) is 0 Å². The molecule has 4 nitrogen and oxygen atoms in total. The fraction of sp³-hybridized carbons (Fsp3) is 0.923. The van der Waals surface area contributed by atoms with Crippen molar-refractivity contribution in [2.75, 3.05) is 39.3 Å². The van der Waals surface area contributed by atoms with E-state index in [0.717, 1.165) is 25.8 Å². The van der Waals surface area contributed by atoms with Gasteiger partial charge in [0, 0.05) is 38.6 Å². The van der Waals surface area contributed by atoms with Gasteiger partial charge in [-0.05, 0) is 25.8 Å². The molecule has 0 bridgehead atoms. The molecule has 2 heterocycles.